The molecule has 3 rings (SSSR count). The van der Waals surface area contributed by atoms with Crippen molar-refractivity contribution in [2.45, 2.75) is 19.9 Å². The average molecular weight is 313 g/mol. The van der Waals surface area contributed by atoms with Gasteiger partial charge in [0, 0.05) is 5.69 Å². The van der Waals surface area contributed by atoms with Crippen LogP contribution in [0, 0.1) is 5.41 Å². The number of carboxylic acids is 1. The predicted octanol–water partition coefficient (Wildman–Crippen LogP) is 3.68. The lowest BCUT2D eigenvalue weighted by Crippen LogP contribution is -2.35. The third-order valence-electron chi connectivity index (χ3n) is 4.09. The van der Waals surface area contributed by atoms with Crippen molar-refractivity contribution in [3.8, 4) is 11.5 Å². The Hall–Kier alpha value is -2.69. The van der Waals surface area contributed by atoms with Gasteiger partial charge in [0.25, 0.3) is 0 Å². The highest BCUT2D eigenvalue weighted by Gasteiger charge is 2.38. The summed E-state index contributed by atoms with van der Waals surface area (Å²) < 4.78 is 10.7. The van der Waals surface area contributed by atoms with Gasteiger partial charge in [-0.3, -0.25) is 4.79 Å². The number of nitrogens with one attached hydrogen (secondary N) is 1. The van der Waals surface area contributed by atoms with Crippen LogP contribution in [0.15, 0.2) is 48.5 Å². The Morgan fingerprint density at radius 2 is 1.83 bits per heavy atom. The van der Waals surface area contributed by atoms with E-state index >= 15 is 0 Å². The number of aliphatic carboxylic acids is 1. The van der Waals surface area contributed by atoms with E-state index in [1.165, 1.54) is 0 Å². The van der Waals surface area contributed by atoms with Crippen LogP contribution in [-0.2, 0) is 4.79 Å². The highest BCUT2D eigenvalue weighted by atomic mass is 16.7. The molecule has 0 saturated carbocycles. The highest BCUT2D eigenvalue weighted by molar-refractivity contribution is 5.76. The van der Waals surface area contributed by atoms with Crippen molar-refractivity contribution in [2.24, 2.45) is 5.41 Å². The Morgan fingerprint density at radius 1 is 1.13 bits per heavy atom. The summed E-state index contributed by atoms with van der Waals surface area (Å²) in [5.74, 6) is 0.451. The molecule has 0 amide bonds. The number of para-hydroxylation sites is 1. The summed E-state index contributed by atoms with van der Waals surface area (Å²) in [4.78, 5) is 11.8. The summed E-state index contributed by atoms with van der Waals surface area (Å²) in [6, 6.07) is 14.7. The number of fused-ring (bicyclic) bond motifs is 1. The number of hydrogen-bond donors (Lipinski definition) is 2. The number of carbonyl (C=O) groups is 1. The highest BCUT2D eigenvalue weighted by Crippen LogP contribution is 2.41. The average Bonchev–Trinajstić information content (AvgIpc) is 3.00. The van der Waals surface area contributed by atoms with Gasteiger partial charge in [-0.05, 0) is 43.7 Å². The Kier molecular flexibility index (Phi) is 3.86. The summed E-state index contributed by atoms with van der Waals surface area (Å²) in [5.41, 5.74) is 0.693. The van der Waals surface area contributed by atoms with E-state index in [2.05, 4.69) is 5.32 Å². The van der Waals surface area contributed by atoms with E-state index in [0.717, 1.165) is 11.3 Å². The molecule has 1 aliphatic rings. The lowest BCUT2D eigenvalue weighted by molar-refractivity contribution is -0.147. The van der Waals surface area contributed by atoms with Gasteiger partial charge in [0.05, 0.1) is 11.5 Å². The number of anilines is 1. The molecule has 5 heteroatoms. The fourth-order valence-electron chi connectivity index (χ4n) is 2.60. The van der Waals surface area contributed by atoms with Crippen LogP contribution >= 0.6 is 0 Å². The number of benzene rings is 2. The van der Waals surface area contributed by atoms with Gasteiger partial charge in [0.1, 0.15) is 0 Å². The maximum atomic E-state index is 11.8. The smallest absolute Gasteiger partial charge is 0.311 e. The fourth-order valence-corrected chi connectivity index (χ4v) is 2.60. The van der Waals surface area contributed by atoms with Crippen molar-refractivity contribution in [3.63, 3.8) is 0 Å². The van der Waals surface area contributed by atoms with Gasteiger partial charge in [-0.25, -0.2) is 0 Å². The van der Waals surface area contributed by atoms with Crippen LogP contribution in [0.4, 0.5) is 5.69 Å². The molecule has 5 nitrogen and oxygen atoms in total. The zero-order chi connectivity index (χ0) is 16.4. The monoisotopic (exact) mass is 313 g/mol. The Balaban J connectivity index is 1.99. The molecule has 0 bridgehead atoms. The van der Waals surface area contributed by atoms with Gasteiger partial charge in [-0.1, -0.05) is 24.3 Å². The molecule has 1 atom stereocenters. The zero-order valence-electron chi connectivity index (χ0n) is 13.1. The number of rotatable bonds is 5. The molecule has 2 aromatic rings. The standard InChI is InChI=1S/C18H19NO4/c1-18(2,17(20)21)16(19-13-6-4-3-5-7-13)12-8-9-14-15(10-12)23-11-22-14/h3-10,16,19H,11H2,1-2H3,(H,20,21). The van der Waals surface area contributed by atoms with Gasteiger partial charge < -0.3 is 19.9 Å². The first-order valence-corrected chi connectivity index (χ1v) is 7.43. The number of ether oxygens (including phenoxy) is 2. The van der Waals surface area contributed by atoms with Crippen LogP contribution in [0.5, 0.6) is 11.5 Å². The van der Waals surface area contributed by atoms with Gasteiger partial charge >= 0.3 is 5.97 Å². The van der Waals surface area contributed by atoms with E-state index in [0.29, 0.717) is 11.5 Å². The fraction of sp³-hybridized carbons (Fsp3) is 0.278. The maximum absolute atomic E-state index is 11.8. The molecule has 0 aromatic heterocycles. The summed E-state index contributed by atoms with van der Waals surface area (Å²) in [6.45, 7) is 3.61. The zero-order valence-corrected chi connectivity index (χ0v) is 13.1. The normalized spacial score (nSPS) is 14.3. The van der Waals surface area contributed by atoms with Crippen molar-refractivity contribution in [2.75, 3.05) is 12.1 Å². The van der Waals surface area contributed by atoms with Crippen LogP contribution in [-0.4, -0.2) is 17.9 Å². The number of carboxylic acid groups (broad SMARTS) is 1. The van der Waals surface area contributed by atoms with Gasteiger partial charge in [-0.15, -0.1) is 0 Å². The minimum absolute atomic E-state index is 0.192. The molecule has 0 radical (unpaired) electrons. The molecule has 1 unspecified atom stereocenters. The first-order chi connectivity index (χ1) is 11.0. The second-order valence-electron chi connectivity index (χ2n) is 6.08. The van der Waals surface area contributed by atoms with Gasteiger partial charge in [-0.2, -0.15) is 0 Å². The largest absolute Gasteiger partial charge is 0.481 e. The quantitative estimate of drug-likeness (QED) is 0.881. The van der Waals surface area contributed by atoms with Crippen molar-refractivity contribution >= 4 is 11.7 Å². The summed E-state index contributed by atoms with van der Waals surface area (Å²) in [6.07, 6.45) is 0. The van der Waals surface area contributed by atoms with Crippen LogP contribution in [0.3, 0.4) is 0 Å². The molecule has 1 heterocycles. The molecular weight excluding hydrogens is 294 g/mol. The van der Waals surface area contributed by atoms with E-state index in [4.69, 9.17) is 9.47 Å². The molecule has 1 aliphatic heterocycles. The van der Waals surface area contributed by atoms with Crippen molar-refractivity contribution < 1.29 is 19.4 Å². The lowest BCUT2D eigenvalue weighted by atomic mass is 9.80. The molecule has 2 N–H and O–H groups in total. The topological polar surface area (TPSA) is 67.8 Å². The van der Waals surface area contributed by atoms with Crippen LogP contribution in [0.1, 0.15) is 25.5 Å². The predicted molar refractivity (Wildman–Crippen MR) is 86.8 cm³/mol. The SMILES string of the molecule is CC(C)(C(=O)O)C(Nc1ccccc1)c1ccc2c(c1)OCO2. The summed E-state index contributed by atoms with van der Waals surface area (Å²) >= 11 is 0. The van der Waals surface area contributed by atoms with Crippen molar-refractivity contribution in [3.05, 3.63) is 54.1 Å². The maximum Gasteiger partial charge on any atom is 0.311 e. The molecule has 120 valence electrons. The summed E-state index contributed by atoms with van der Waals surface area (Å²) in [7, 11) is 0. The van der Waals surface area contributed by atoms with E-state index in [9.17, 15) is 9.90 Å². The third-order valence-corrected chi connectivity index (χ3v) is 4.09. The lowest BCUT2D eigenvalue weighted by Gasteiger charge is -2.32. The molecule has 0 fully saturated rings. The second-order valence-corrected chi connectivity index (χ2v) is 6.08. The summed E-state index contributed by atoms with van der Waals surface area (Å²) in [5, 5.41) is 13.0. The third kappa shape index (κ3) is 2.95. The van der Waals surface area contributed by atoms with E-state index < -0.39 is 17.4 Å². The van der Waals surface area contributed by atoms with E-state index in [1.807, 2.05) is 48.5 Å². The second kappa shape index (κ2) is 5.83. The Labute approximate surface area is 134 Å². The first-order valence-electron chi connectivity index (χ1n) is 7.43. The van der Waals surface area contributed by atoms with Crippen molar-refractivity contribution in [1.29, 1.82) is 0 Å². The van der Waals surface area contributed by atoms with Gasteiger partial charge in [0.2, 0.25) is 6.79 Å². The van der Waals surface area contributed by atoms with Crippen LogP contribution < -0.4 is 14.8 Å². The van der Waals surface area contributed by atoms with Crippen LogP contribution in [0.25, 0.3) is 0 Å². The molecule has 0 saturated heterocycles. The molecular formula is C18H19NO4. The van der Waals surface area contributed by atoms with Gasteiger partial charge in [0.15, 0.2) is 11.5 Å². The number of hydrogen-bond acceptors (Lipinski definition) is 4. The minimum Gasteiger partial charge on any atom is -0.481 e. The Bertz CT molecular complexity index is 712. The van der Waals surface area contributed by atoms with Crippen molar-refractivity contribution in [1.82, 2.24) is 0 Å². The molecule has 23 heavy (non-hydrogen) atoms. The van der Waals surface area contributed by atoms with E-state index in [1.54, 1.807) is 13.8 Å². The van der Waals surface area contributed by atoms with E-state index in [-0.39, 0.29) is 6.79 Å². The molecule has 0 spiro atoms. The minimum atomic E-state index is -1.01. The molecule has 0 aliphatic carbocycles. The molecule has 2 aromatic carbocycles. The first kappa shape index (κ1) is 15.2. The van der Waals surface area contributed by atoms with Crippen LogP contribution in [0.2, 0.25) is 0 Å². The Morgan fingerprint density at radius 3 is 2.52 bits per heavy atom.